The summed E-state index contributed by atoms with van der Waals surface area (Å²) in [6, 6.07) is 0. The van der Waals surface area contributed by atoms with Crippen molar-refractivity contribution in [3.05, 3.63) is 0 Å². The summed E-state index contributed by atoms with van der Waals surface area (Å²) in [6.45, 7) is 3.71. The summed E-state index contributed by atoms with van der Waals surface area (Å²) in [5.74, 6) is 0.0843. The summed E-state index contributed by atoms with van der Waals surface area (Å²) in [4.78, 5) is 10.6. The van der Waals surface area contributed by atoms with Crippen LogP contribution in [0, 0.1) is 0 Å². The molecule has 0 aliphatic rings. The van der Waals surface area contributed by atoms with Gasteiger partial charge in [0.15, 0.2) is 0 Å². The van der Waals surface area contributed by atoms with Gasteiger partial charge in [-0.1, -0.05) is 39.0 Å². The van der Waals surface area contributed by atoms with Crippen molar-refractivity contribution in [3.8, 4) is 0 Å². The van der Waals surface area contributed by atoms with Crippen molar-refractivity contribution in [2.24, 2.45) is 0 Å². The number of aliphatic hydroxyl groups is 1. The first-order chi connectivity index (χ1) is 6.16. The van der Waals surface area contributed by atoms with Gasteiger partial charge >= 0.3 is 0 Å². The Hall–Kier alpha value is -0.370. The van der Waals surface area contributed by atoms with Crippen LogP contribution in [0.4, 0.5) is 0 Å². The third-order valence-electron chi connectivity index (χ3n) is 2.16. The highest BCUT2D eigenvalue weighted by Crippen LogP contribution is 2.09. The van der Waals surface area contributed by atoms with Crippen molar-refractivity contribution in [1.82, 2.24) is 0 Å². The second kappa shape index (κ2) is 8.24. The molecule has 0 aromatic carbocycles. The molecule has 13 heavy (non-hydrogen) atoms. The first kappa shape index (κ1) is 12.6. The van der Waals surface area contributed by atoms with Crippen molar-refractivity contribution < 1.29 is 9.90 Å². The molecule has 1 atom stereocenters. The Morgan fingerprint density at radius 1 is 1.23 bits per heavy atom. The predicted molar refractivity (Wildman–Crippen MR) is 54.7 cm³/mol. The van der Waals surface area contributed by atoms with Gasteiger partial charge in [0, 0.05) is 6.42 Å². The average molecular weight is 186 g/mol. The average Bonchev–Trinajstić information content (AvgIpc) is 2.02. The summed E-state index contributed by atoms with van der Waals surface area (Å²) in [5, 5.41) is 9.36. The van der Waals surface area contributed by atoms with E-state index in [2.05, 4.69) is 6.92 Å². The second-order valence-corrected chi connectivity index (χ2v) is 3.76. The van der Waals surface area contributed by atoms with Gasteiger partial charge in [-0.15, -0.1) is 0 Å². The Kier molecular flexibility index (Phi) is 8.00. The Bertz CT molecular complexity index is 132. The lowest BCUT2D eigenvalue weighted by Crippen LogP contribution is -2.10. The van der Waals surface area contributed by atoms with Crippen molar-refractivity contribution in [3.63, 3.8) is 0 Å². The van der Waals surface area contributed by atoms with E-state index < -0.39 is 6.10 Å². The Morgan fingerprint density at radius 3 is 2.38 bits per heavy atom. The summed E-state index contributed by atoms with van der Waals surface area (Å²) in [7, 11) is 0. The summed E-state index contributed by atoms with van der Waals surface area (Å²) >= 11 is 0. The highest BCUT2D eigenvalue weighted by Gasteiger charge is 2.05. The van der Waals surface area contributed by atoms with Crippen molar-refractivity contribution in [2.75, 3.05) is 0 Å². The molecule has 0 saturated carbocycles. The number of hydrogen-bond acceptors (Lipinski definition) is 2. The molecule has 0 spiro atoms. The first-order valence-corrected chi connectivity index (χ1v) is 5.34. The summed E-state index contributed by atoms with van der Waals surface area (Å²) in [5.41, 5.74) is 0. The van der Waals surface area contributed by atoms with Crippen LogP contribution in [0.2, 0.25) is 0 Å². The fourth-order valence-electron chi connectivity index (χ4n) is 1.42. The van der Waals surface area contributed by atoms with E-state index in [-0.39, 0.29) is 5.78 Å². The first-order valence-electron chi connectivity index (χ1n) is 5.34. The summed E-state index contributed by atoms with van der Waals surface area (Å²) < 4.78 is 0. The van der Waals surface area contributed by atoms with E-state index in [4.69, 9.17) is 0 Å². The Balaban J connectivity index is 3.17. The number of rotatable bonds is 8. The summed E-state index contributed by atoms with van der Waals surface area (Å²) in [6.07, 6.45) is 6.72. The van der Waals surface area contributed by atoms with Crippen LogP contribution in [-0.2, 0) is 4.79 Å². The smallest absolute Gasteiger partial charge is 0.132 e. The van der Waals surface area contributed by atoms with Gasteiger partial charge in [0.05, 0.1) is 6.10 Å². The fraction of sp³-hybridized carbons (Fsp3) is 0.909. The minimum Gasteiger partial charge on any atom is -0.393 e. The van der Waals surface area contributed by atoms with Crippen LogP contribution in [0.1, 0.15) is 58.8 Å². The molecule has 0 aliphatic heterocycles. The monoisotopic (exact) mass is 186 g/mol. The van der Waals surface area contributed by atoms with Gasteiger partial charge in [-0.05, 0) is 13.3 Å². The molecular weight excluding hydrogens is 164 g/mol. The highest BCUT2D eigenvalue weighted by molar-refractivity contribution is 5.75. The van der Waals surface area contributed by atoms with Gasteiger partial charge in [-0.3, -0.25) is 4.79 Å². The zero-order valence-corrected chi connectivity index (χ0v) is 8.88. The maximum Gasteiger partial charge on any atom is 0.132 e. The van der Waals surface area contributed by atoms with Crippen LogP contribution in [0.5, 0.6) is 0 Å². The molecule has 0 aromatic rings. The molecule has 0 radical (unpaired) electrons. The third-order valence-corrected chi connectivity index (χ3v) is 2.16. The molecule has 2 heteroatoms. The molecule has 0 amide bonds. The van der Waals surface area contributed by atoms with Gasteiger partial charge in [-0.2, -0.15) is 0 Å². The zero-order valence-electron chi connectivity index (χ0n) is 8.88. The number of aliphatic hydroxyl groups excluding tert-OH is 1. The Labute approximate surface area is 81.3 Å². The van der Waals surface area contributed by atoms with Crippen LogP contribution in [0.25, 0.3) is 0 Å². The van der Waals surface area contributed by atoms with Crippen LogP contribution in [0.15, 0.2) is 0 Å². The molecular formula is C11H22O2. The van der Waals surface area contributed by atoms with Crippen LogP contribution in [-0.4, -0.2) is 17.0 Å². The predicted octanol–water partition coefficient (Wildman–Crippen LogP) is 2.69. The number of Topliss-reactive ketones (excluding diaryl/α,β-unsaturated/α-hetero) is 1. The van der Waals surface area contributed by atoms with Crippen LogP contribution in [0.3, 0.4) is 0 Å². The van der Waals surface area contributed by atoms with Crippen LogP contribution >= 0.6 is 0 Å². The van der Waals surface area contributed by atoms with Gasteiger partial charge in [0.1, 0.15) is 5.78 Å². The van der Waals surface area contributed by atoms with E-state index in [0.717, 1.165) is 12.8 Å². The molecule has 0 rings (SSSR count). The molecule has 0 unspecified atom stereocenters. The van der Waals surface area contributed by atoms with E-state index in [1.54, 1.807) is 0 Å². The van der Waals surface area contributed by atoms with E-state index in [1.807, 2.05) is 0 Å². The number of ketones is 1. The fourth-order valence-corrected chi connectivity index (χ4v) is 1.42. The lowest BCUT2D eigenvalue weighted by molar-refractivity contribution is -0.118. The minimum atomic E-state index is -0.404. The molecule has 1 N–H and O–H groups in total. The number of carbonyl (C=O) groups excluding carboxylic acids is 1. The lowest BCUT2D eigenvalue weighted by atomic mass is 10.1. The second-order valence-electron chi connectivity index (χ2n) is 3.76. The molecule has 0 fully saturated rings. The molecule has 0 heterocycles. The third kappa shape index (κ3) is 9.54. The molecule has 0 saturated heterocycles. The van der Waals surface area contributed by atoms with Crippen molar-refractivity contribution >= 4 is 5.78 Å². The quantitative estimate of drug-likeness (QED) is 0.592. The van der Waals surface area contributed by atoms with Crippen LogP contribution < -0.4 is 0 Å². The van der Waals surface area contributed by atoms with Gasteiger partial charge in [0.25, 0.3) is 0 Å². The van der Waals surface area contributed by atoms with Crippen molar-refractivity contribution in [1.29, 1.82) is 0 Å². The standard InChI is InChI=1S/C11H22O2/c1-3-4-5-6-7-8-11(13)9-10(2)12/h11,13H,3-9H2,1-2H3/t11-/m0/s1. The normalized spacial score (nSPS) is 12.8. The molecule has 0 aliphatic carbocycles. The number of hydrogen-bond donors (Lipinski definition) is 1. The zero-order chi connectivity index (χ0) is 10.1. The van der Waals surface area contributed by atoms with Gasteiger partial charge in [-0.25, -0.2) is 0 Å². The van der Waals surface area contributed by atoms with E-state index in [1.165, 1.54) is 32.6 Å². The van der Waals surface area contributed by atoms with Crippen molar-refractivity contribution in [2.45, 2.75) is 64.9 Å². The molecule has 0 bridgehead atoms. The minimum absolute atomic E-state index is 0.0843. The Morgan fingerprint density at radius 2 is 1.85 bits per heavy atom. The van der Waals surface area contributed by atoms with Gasteiger partial charge < -0.3 is 5.11 Å². The topological polar surface area (TPSA) is 37.3 Å². The largest absolute Gasteiger partial charge is 0.393 e. The van der Waals surface area contributed by atoms with E-state index in [9.17, 15) is 9.90 Å². The molecule has 78 valence electrons. The van der Waals surface area contributed by atoms with E-state index >= 15 is 0 Å². The lowest BCUT2D eigenvalue weighted by Gasteiger charge is -2.07. The maximum absolute atomic E-state index is 10.6. The molecule has 2 nitrogen and oxygen atoms in total. The number of carbonyl (C=O) groups is 1. The maximum atomic E-state index is 10.6. The molecule has 0 aromatic heterocycles. The van der Waals surface area contributed by atoms with Gasteiger partial charge in [0.2, 0.25) is 0 Å². The highest BCUT2D eigenvalue weighted by atomic mass is 16.3. The van der Waals surface area contributed by atoms with E-state index in [0.29, 0.717) is 6.42 Å². The number of unbranched alkanes of at least 4 members (excludes halogenated alkanes) is 4. The SMILES string of the molecule is CCCCCCC[C@H](O)CC(C)=O.